The summed E-state index contributed by atoms with van der Waals surface area (Å²) in [5.41, 5.74) is -0.0862. The van der Waals surface area contributed by atoms with E-state index in [1.807, 2.05) is 19.9 Å². The Bertz CT molecular complexity index is 446. The Kier molecular flexibility index (Phi) is 6.73. The number of hydrogen-bond acceptors (Lipinski definition) is 4. The zero-order valence-electron chi connectivity index (χ0n) is 12.6. The van der Waals surface area contributed by atoms with E-state index in [-0.39, 0.29) is 17.5 Å². The standard InChI is InChI=1S/C15H23N3O3/c1-10(2)7-13(15(20)21)17-9-11(8-16)14(19)18-12-5-3-4-6-12/h9-10,12-13,17H,3-7H2,1-2H3,(H,18,19)(H,20,21)/b11-9-. The lowest BCUT2D eigenvalue weighted by molar-refractivity contribution is -0.139. The fourth-order valence-electron chi connectivity index (χ4n) is 2.38. The summed E-state index contributed by atoms with van der Waals surface area (Å²) in [6.45, 7) is 3.83. The van der Waals surface area contributed by atoms with Gasteiger partial charge in [-0.25, -0.2) is 4.79 Å². The third kappa shape index (κ3) is 5.86. The summed E-state index contributed by atoms with van der Waals surface area (Å²) in [7, 11) is 0. The molecule has 1 rings (SSSR count). The van der Waals surface area contributed by atoms with Gasteiger partial charge in [-0.1, -0.05) is 26.7 Å². The summed E-state index contributed by atoms with van der Waals surface area (Å²) >= 11 is 0. The molecule has 0 aromatic rings. The molecule has 0 saturated heterocycles. The van der Waals surface area contributed by atoms with Crippen LogP contribution in [0.5, 0.6) is 0 Å². The van der Waals surface area contributed by atoms with Crippen molar-refractivity contribution in [2.75, 3.05) is 0 Å². The van der Waals surface area contributed by atoms with E-state index < -0.39 is 17.9 Å². The highest BCUT2D eigenvalue weighted by atomic mass is 16.4. The Labute approximate surface area is 125 Å². The number of hydrogen-bond donors (Lipinski definition) is 3. The predicted molar refractivity (Wildman–Crippen MR) is 78.1 cm³/mol. The van der Waals surface area contributed by atoms with Crippen molar-refractivity contribution in [3.8, 4) is 6.07 Å². The van der Waals surface area contributed by atoms with Crippen LogP contribution in [0.1, 0.15) is 46.0 Å². The van der Waals surface area contributed by atoms with E-state index in [9.17, 15) is 9.59 Å². The van der Waals surface area contributed by atoms with Crippen LogP contribution in [0.4, 0.5) is 0 Å². The van der Waals surface area contributed by atoms with Crippen molar-refractivity contribution >= 4 is 11.9 Å². The van der Waals surface area contributed by atoms with E-state index in [2.05, 4.69) is 10.6 Å². The van der Waals surface area contributed by atoms with Crippen LogP contribution in [-0.2, 0) is 9.59 Å². The zero-order chi connectivity index (χ0) is 15.8. The Balaban J connectivity index is 2.62. The van der Waals surface area contributed by atoms with Gasteiger partial charge in [-0.05, 0) is 25.2 Å². The molecule has 0 aromatic carbocycles. The molecular formula is C15H23N3O3. The number of nitrogens with one attached hydrogen (secondary N) is 2. The second-order valence-corrected chi connectivity index (χ2v) is 5.81. The number of nitrogens with zero attached hydrogens (tertiary/aromatic N) is 1. The third-order valence-corrected chi connectivity index (χ3v) is 3.49. The number of nitriles is 1. The van der Waals surface area contributed by atoms with Gasteiger partial charge >= 0.3 is 5.97 Å². The highest BCUT2D eigenvalue weighted by molar-refractivity contribution is 5.97. The summed E-state index contributed by atoms with van der Waals surface area (Å²) in [5, 5.41) is 23.6. The van der Waals surface area contributed by atoms with E-state index in [1.54, 1.807) is 0 Å². The van der Waals surface area contributed by atoms with Gasteiger partial charge in [-0.2, -0.15) is 5.26 Å². The normalized spacial score (nSPS) is 17.3. The van der Waals surface area contributed by atoms with Gasteiger partial charge in [-0.15, -0.1) is 0 Å². The highest BCUT2D eigenvalue weighted by Gasteiger charge is 2.21. The molecular weight excluding hydrogens is 270 g/mol. The first-order valence-corrected chi connectivity index (χ1v) is 7.34. The van der Waals surface area contributed by atoms with Crippen molar-refractivity contribution < 1.29 is 14.7 Å². The second-order valence-electron chi connectivity index (χ2n) is 5.81. The second kappa shape index (κ2) is 8.30. The average molecular weight is 293 g/mol. The molecule has 116 valence electrons. The maximum absolute atomic E-state index is 11.9. The smallest absolute Gasteiger partial charge is 0.326 e. The lowest BCUT2D eigenvalue weighted by Crippen LogP contribution is -2.37. The number of carbonyl (C=O) groups is 2. The number of carboxylic acids is 1. The van der Waals surface area contributed by atoms with Crippen LogP contribution in [0.15, 0.2) is 11.8 Å². The third-order valence-electron chi connectivity index (χ3n) is 3.49. The van der Waals surface area contributed by atoms with Crippen molar-refractivity contribution in [3.05, 3.63) is 11.8 Å². The quantitative estimate of drug-likeness (QED) is 0.488. The van der Waals surface area contributed by atoms with Crippen LogP contribution in [0.2, 0.25) is 0 Å². The fourth-order valence-corrected chi connectivity index (χ4v) is 2.38. The first kappa shape index (κ1) is 17.0. The lowest BCUT2D eigenvalue weighted by Gasteiger charge is -2.15. The Hall–Kier alpha value is -2.03. The minimum Gasteiger partial charge on any atom is -0.480 e. The van der Waals surface area contributed by atoms with Crippen molar-refractivity contribution in [3.63, 3.8) is 0 Å². The van der Waals surface area contributed by atoms with E-state index in [0.29, 0.717) is 6.42 Å². The van der Waals surface area contributed by atoms with Gasteiger partial charge in [0.05, 0.1) is 0 Å². The summed E-state index contributed by atoms with van der Waals surface area (Å²) in [6, 6.07) is 1.14. The molecule has 0 heterocycles. The maximum Gasteiger partial charge on any atom is 0.326 e. The van der Waals surface area contributed by atoms with E-state index >= 15 is 0 Å². The average Bonchev–Trinajstić information content (AvgIpc) is 2.90. The van der Waals surface area contributed by atoms with Gasteiger partial charge in [0.25, 0.3) is 5.91 Å². The van der Waals surface area contributed by atoms with Crippen LogP contribution in [0.25, 0.3) is 0 Å². The SMILES string of the molecule is CC(C)CC(N/C=C(/C#N)C(=O)NC1CCCC1)C(=O)O. The molecule has 1 amide bonds. The molecule has 0 aromatic heterocycles. The fraction of sp³-hybridized carbons (Fsp3) is 0.667. The Morgan fingerprint density at radius 3 is 2.48 bits per heavy atom. The van der Waals surface area contributed by atoms with Crippen LogP contribution in [0, 0.1) is 17.2 Å². The van der Waals surface area contributed by atoms with E-state index in [1.165, 1.54) is 6.20 Å². The zero-order valence-corrected chi connectivity index (χ0v) is 12.6. The molecule has 1 atom stereocenters. The van der Waals surface area contributed by atoms with Crippen LogP contribution in [-0.4, -0.2) is 29.1 Å². The van der Waals surface area contributed by atoms with Gasteiger partial charge < -0.3 is 15.7 Å². The molecule has 1 aliphatic carbocycles. The summed E-state index contributed by atoms with van der Waals surface area (Å²) in [4.78, 5) is 23.1. The Morgan fingerprint density at radius 1 is 1.38 bits per heavy atom. The molecule has 1 aliphatic rings. The molecule has 6 nitrogen and oxygen atoms in total. The van der Waals surface area contributed by atoms with Gasteiger partial charge in [0.1, 0.15) is 17.7 Å². The van der Waals surface area contributed by atoms with Crippen LogP contribution in [0.3, 0.4) is 0 Å². The predicted octanol–water partition coefficient (Wildman–Crippen LogP) is 1.54. The summed E-state index contributed by atoms with van der Waals surface area (Å²) < 4.78 is 0. The molecule has 0 radical (unpaired) electrons. The number of carbonyl (C=O) groups excluding carboxylic acids is 1. The maximum atomic E-state index is 11.9. The van der Waals surface area contributed by atoms with Gasteiger partial charge in [0, 0.05) is 12.2 Å². The highest BCUT2D eigenvalue weighted by Crippen LogP contribution is 2.17. The minimum atomic E-state index is -0.992. The molecule has 0 bridgehead atoms. The molecule has 1 saturated carbocycles. The number of aliphatic carboxylic acids is 1. The van der Waals surface area contributed by atoms with Crippen LogP contribution >= 0.6 is 0 Å². The number of carboxylic acid groups (broad SMARTS) is 1. The van der Waals surface area contributed by atoms with Crippen molar-refractivity contribution in [2.24, 2.45) is 5.92 Å². The van der Waals surface area contributed by atoms with Crippen molar-refractivity contribution in [2.45, 2.75) is 58.0 Å². The molecule has 1 fully saturated rings. The monoisotopic (exact) mass is 293 g/mol. The summed E-state index contributed by atoms with van der Waals surface area (Å²) in [5.74, 6) is -1.23. The molecule has 1 unspecified atom stereocenters. The number of rotatable bonds is 7. The van der Waals surface area contributed by atoms with Gasteiger partial charge in [0.15, 0.2) is 0 Å². The molecule has 0 aliphatic heterocycles. The van der Waals surface area contributed by atoms with Gasteiger partial charge in [-0.3, -0.25) is 4.79 Å². The number of amides is 1. The van der Waals surface area contributed by atoms with E-state index in [0.717, 1.165) is 25.7 Å². The largest absolute Gasteiger partial charge is 0.480 e. The minimum absolute atomic E-state index is 0.0862. The summed E-state index contributed by atoms with van der Waals surface area (Å²) in [6.07, 6.45) is 5.68. The first-order valence-electron chi connectivity index (χ1n) is 7.34. The van der Waals surface area contributed by atoms with Gasteiger partial charge in [0.2, 0.25) is 0 Å². The lowest BCUT2D eigenvalue weighted by atomic mass is 10.0. The first-order chi connectivity index (χ1) is 9.93. The molecule has 6 heteroatoms. The molecule has 3 N–H and O–H groups in total. The Morgan fingerprint density at radius 2 is 2.00 bits per heavy atom. The molecule has 21 heavy (non-hydrogen) atoms. The van der Waals surface area contributed by atoms with Crippen molar-refractivity contribution in [1.82, 2.24) is 10.6 Å². The van der Waals surface area contributed by atoms with E-state index in [4.69, 9.17) is 10.4 Å². The molecule has 0 spiro atoms. The topological polar surface area (TPSA) is 102 Å². The van der Waals surface area contributed by atoms with Crippen molar-refractivity contribution in [1.29, 1.82) is 5.26 Å². The van der Waals surface area contributed by atoms with Crippen LogP contribution < -0.4 is 10.6 Å².